The van der Waals surface area contributed by atoms with Crippen molar-refractivity contribution in [3.05, 3.63) is 29.8 Å². The number of hydrogen-bond acceptors (Lipinski definition) is 4. The van der Waals surface area contributed by atoms with Crippen molar-refractivity contribution >= 4 is 0 Å². The Hall–Kier alpha value is -1.31. The van der Waals surface area contributed by atoms with E-state index in [4.69, 9.17) is 4.74 Å². The number of hydrogen-bond donors (Lipinski definition) is 2. The summed E-state index contributed by atoms with van der Waals surface area (Å²) in [5, 5.41) is 19.2. The van der Waals surface area contributed by atoms with Gasteiger partial charge in [0.2, 0.25) is 0 Å². The summed E-state index contributed by atoms with van der Waals surface area (Å²) in [6.45, 7) is 1.18. The van der Waals surface area contributed by atoms with Crippen LogP contribution in [0.3, 0.4) is 0 Å². The highest BCUT2D eigenvalue weighted by Crippen LogP contribution is 2.35. The smallest absolute Gasteiger partial charge is 0.419 e. The fourth-order valence-corrected chi connectivity index (χ4v) is 2.34. The number of aliphatic hydroxyl groups is 2. The van der Waals surface area contributed by atoms with Crippen molar-refractivity contribution in [3.8, 4) is 5.75 Å². The van der Waals surface area contributed by atoms with E-state index in [0.29, 0.717) is 19.5 Å². The SMILES string of the molecule is O[C@H]1CCN(C[C@@H](O)COc2ccccc2C(F)(F)F)C1. The number of likely N-dealkylation sites (tertiary alicyclic amines) is 1. The molecule has 0 amide bonds. The van der Waals surface area contributed by atoms with Crippen LogP contribution in [-0.4, -0.2) is 53.6 Å². The Morgan fingerprint density at radius 1 is 1.33 bits per heavy atom. The molecule has 1 aromatic carbocycles. The molecule has 1 saturated heterocycles. The Morgan fingerprint density at radius 3 is 2.67 bits per heavy atom. The first-order chi connectivity index (χ1) is 9.86. The Balaban J connectivity index is 1.88. The molecular formula is C14H18F3NO3. The van der Waals surface area contributed by atoms with Crippen LogP contribution in [-0.2, 0) is 6.18 Å². The second kappa shape index (κ2) is 6.64. The van der Waals surface area contributed by atoms with Gasteiger partial charge in [-0.05, 0) is 18.6 Å². The highest BCUT2D eigenvalue weighted by molar-refractivity contribution is 5.35. The molecule has 1 aliphatic rings. The molecule has 7 heteroatoms. The molecule has 0 aromatic heterocycles. The number of ether oxygens (including phenoxy) is 1. The van der Waals surface area contributed by atoms with Gasteiger partial charge in [-0.15, -0.1) is 0 Å². The van der Waals surface area contributed by atoms with Crippen molar-refractivity contribution in [3.63, 3.8) is 0 Å². The van der Waals surface area contributed by atoms with E-state index in [1.54, 1.807) is 0 Å². The van der Waals surface area contributed by atoms with Crippen LogP contribution >= 0.6 is 0 Å². The van der Waals surface area contributed by atoms with E-state index in [9.17, 15) is 23.4 Å². The largest absolute Gasteiger partial charge is 0.490 e. The van der Waals surface area contributed by atoms with Crippen LogP contribution in [0.2, 0.25) is 0 Å². The minimum Gasteiger partial charge on any atom is -0.490 e. The zero-order valence-electron chi connectivity index (χ0n) is 11.4. The first-order valence-corrected chi connectivity index (χ1v) is 6.74. The van der Waals surface area contributed by atoms with E-state index in [-0.39, 0.29) is 18.9 Å². The topological polar surface area (TPSA) is 52.9 Å². The van der Waals surface area contributed by atoms with Gasteiger partial charge < -0.3 is 14.9 Å². The third kappa shape index (κ3) is 4.59. The number of para-hydroxylation sites is 1. The van der Waals surface area contributed by atoms with E-state index in [1.807, 2.05) is 4.90 Å². The molecule has 1 aliphatic heterocycles. The van der Waals surface area contributed by atoms with Gasteiger partial charge in [-0.1, -0.05) is 12.1 Å². The summed E-state index contributed by atoms with van der Waals surface area (Å²) in [5.41, 5.74) is -0.853. The van der Waals surface area contributed by atoms with Crippen molar-refractivity contribution in [2.45, 2.75) is 24.8 Å². The molecular weight excluding hydrogens is 287 g/mol. The van der Waals surface area contributed by atoms with Gasteiger partial charge in [0.15, 0.2) is 0 Å². The van der Waals surface area contributed by atoms with Crippen LogP contribution in [0.5, 0.6) is 5.75 Å². The Morgan fingerprint density at radius 2 is 2.05 bits per heavy atom. The average molecular weight is 305 g/mol. The minimum absolute atomic E-state index is 0.223. The lowest BCUT2D eigenvalue weighted by Crippen LogP contribution is -2.34. The zero-order chi connectivity index (χ0) is 15.5. The summed E-state index contributed by atoms with van der Waals surface area (Å²) in [6, 6.07) is 4.92. The third-order valence-corrected chi connectivity index (χ3v) is 3.34. The first kappa shape index (κ1) is 16.1. The number of alkyl halides is 3. The van der Waals surface area contributed by atoms with Gasteiger partial charge in [0.25, 0.3) is 0 Å². The minimum atomic E-state index is -4.49. The maximum Gasteiger partial charge on any atom is 0.419 e. The van der Waals surface area contributed by atoms with Gasteiger partial charge in [0.05, 0.1) is 11.7 Å². The molecule has 21 heavy (non-hydrogen) atoms. The Kier molecular flexibility index (Phi) is 5.08. The fourth-order valence-electron chi connectivity index (χ4n) is 2.34. The molecule has 2 atom stereocenters. The predicted molar refractivity (Wildman–Crippen MR) is 70.0 cm³/mol. The van der Waals surface area contributed by atoms with E-state index in [2.05, 4.69) is 0 Å². The molecule has 0 radical (unpaired) electrons. The molecule has 0 aliphatic carbocycles. The number of halogens is 3. The molecule has 0 bridgehead atoms. The van der Waals surface area contributed by atoms with Crippen LogP contribution < -0.4 is 4.74 Å². The molecule has 1 fully saturated rings. The van der Waals surface area contributed by atoms with Crippen molar-refractivity contribution in [1.82, 2.24) is 4.90 Å². The van der Waals surface area contributed by atoms with E-state index < -0.39 is 23.9 Å². The van der Waals surface area contributed by atoms with Gasteiger partial charge in [-0.25, -0.2) is 0 Å². The van der Waals surface area contributed by atoms with E-state index in [0.717, 1.165) is 6.07 Å². The highest BCUT2D eigenvalue weighted by atomic mass is 19.4. The molecule has 118 valence electrons. The van der Waals surface area contributed by atoms with Crippen LogP contribution in [0, 0.1) is 0 Å². The first-order valence-electron chi connectivity index (χ1n) is 6.74. The van der Waals surface area contributed by atoms with Gasteiger partial charge in [0.1, 0.15) is 18.5 Å². The molecule has 2 N–H and O–H groups in total. The van der Waals surface area contributed by atoms with Crippen molar-refractivity contribution in [1.29, 1.82) is 0 Å². The van der Waals surface area contributed by atoms with Crippen LogP contribution in [0.15, 0.2) is 24.3 Å². The number of aliphatic hydroxyl groups excluding tert-OH is 2. The van der Waals surface area contributed by atoms with Crippen molar-refractivity contribution in [2.75, 3.05) is 26.2 Å². The summed E-state index contributed by atoms with van der Waals surface area (Å²) in [4.78, 5) is 1.86. The number of nitrogens with zero attached hydrogens (tertiary/aromatic N) is 1. The van der Waals surface area contributed by atoms with Crippen LogP contribution in [0.1, 0.15) is 12.0 Å². The summed E-state index contributed by atoms with van der Waals surface area (Å²) in [5.74, 6) is -0.287. The lowest BCUT2D eigenvalue weighted by Gasteiger charge is -2.20. The quantitative estimate of drug-likeness (QED) is 0.866. The lowest BCUT2D eigenvalue weighted by molar-refractivity contribution is -0.139. The molecule has 2 rings (SSSR count). The monoisotopic (exact) mass is 305 g/mol. The Bertz CT molecular complexity index is 467. The zero-order valence-corrected chi connectivity index (χ0v) is 11.4. The van der Waals surface area contributed by atoms with Crippen molar-refractivity contribution in [2.24, 2.45) is 0 Å². The highest BCUT2D eigenvalue weighted by Gasteiger charge is 2.34. The maximum atomic E-state index is 12.8. The number of rotatable bonds is 5. The molecule has 4 nitrogen and oxygen atoms in total. The summed E-state index contributed by atoms with van der Waals surface area (Å²) < 4.78 is 43.4. The average Bonchev–Trinajstić information content (AvgIpc) is 2.81. The summed E-state index contributed by atoms with van der Waals surface area (Å²) >= 11 is 0. The van der Waals surface area contributed by atoms with Gasteiger partial charge in [-0.3, -0.25) is 4.90 Å². The van der Waals surface area contributed by atoms with Gasteiger partial charge in [0, 0.05) is 19.6 Å². The number of benzene rings is 1. The second-order valence-electron chi connectivity index (χ2n) is 5.16. The normalized spacial score (nSPS) is 21.5. The second-order valence-corrected chi connectivity index (χ2v) is 5.16. The third-order valence-electron chi connectivity index (χ3n) is 3.34. The van der Waals surface area contributed by atoms with Gasteiger partial charge in [-0.2, -0.15) is 13.2 Å². The number of β-amino-alcohol motifs (C(OH)–C–C–N with tert-alkyl or cyclic N) is 2. The molecule has 1 heterocycles. The lowest BCUT2D eigenvalue weighted by atomic mass is 10.2. The van der Waals surface area contributed by atoms with Crippen molar-refractivity contribution < 1.29 is 28.1 Å². The fraction of sp³-hybridized carbons (Fsp3) is 0.571. The van der Waals surface area contributed by atoms with E-state index in [1.165, 1.54) is 18.2 Å². The molecule has 0 saturated carbocycles. The predicted octanol–water partition coefficient (Wildman–Crippen LogP) is 1.51. The standard InChI is InChI=1S/C14H18F3NO3/c15-14(16,17)12-3-1-2-4-13(12)21-9-11(20)8-18-6-5-10(19)7-18/h1-4,10-11,19-20H,5-9H2/t10-,11+/m0/s1. The summed E-state index contributed by atoms with van der Waals surface area (Å²) in [7, 11) is 0. The van der Waals surface area contributed by atoms with Gasteiger partial charge >= 0.3 is 6.18 Å². The van der Waals surface area contributed by atoms with Crippen LogP contribution in [0.4, 0.5) is 13.2 Å². The molecule has 1 aromatic rings. The molecule has 0 spiro atoms. The van der Waals surface area contributed by atoms with E-state index >= 15 is 0 Å². The summed E-state index contributed by atoms with van der Waals surface area (Å²) in [6.07, 6.45) is -5.15. The maximum absolute atomic E-state index is 12.8. The van der Waals surface area contributed by atoms with Crippen LogP contribution in [0.25, 0.3) is 0 Å². The Labute approximate surface area is 120 Å². The molecule has 0 unspecified atom stereocenters.